The van der Waals surface area contributed by atoms with Crippen molar-refractivity contribution in [1.82, 2.24) is 0 Å². The van der Waals surface area contributed by atoms with E-state index in [1.807, 2.05) is 13.0 Å². The monoisotopic (exact) mass is 235 g/mol. The van der Waals surface area contributed by atoms with Crippen LogP contribution in [0.2, 0.25) is 0 Å². The van der Waals surface area contributed by atoms with Crippen molar-refractivity contribution in [2.24, 2.45) is 17.6 Å². The summed E-state index contributed by atoms with van der Waals surface area (Å²) in [6.07, 6.45) is 3.15. The molecular weight excluding hydrogens is 213 g/mol. The molecule has 1 aliphatic rings. The van der Waals surface area contributed by atoms with E-state index in [9.17, 15) is 4.39 Å². The molecule has 2 unspecified atom stereocenters. The number of benzene rings is 1. The smallest absolute Gasteiger partial charge is 0.123 e. The summed E-state index contributed by atoms with van der Waals surface area (Å²) in [6.45, 7) is 6.51. The van der Waals surface area contributed by atoms with Gasteiger partial charge < -0.3 is 5.73 Å². The van der Waals surface area contributed by atoms with Gasteiger partial charge in [0.2, 0.25) is 0 Å². The predicted octanol–water partition coefficient (Wildman–Crippen LogP) is 3.74. The van der Waals surface area contributed by atoms with Crippen LogP contribution in [-0.2, 0) is 5.54 Å². The Balaban J connectivity index is 2.39. The van der Waals surface area contributed by atoms with E-state index in [0.29, 0.717) is 11.8 Å². The second-order valence-electron chi connectivity index (χ2n) is 5.97. The number of nitrogens with two attached hydrogens (primary N) is 1. The molecule has 1 aliphatic carbocycles. The van der Waals surface area contributed by atoms with Crippen LogP contribution in [0.15, 0.2) is 18.2 Å². The normalized spacial score (nSPS) is 33.7. The summed E-state index contributed by atoms with van der Waals surface area (Å²) >= 11 is 0. The molecule has 17 heavy (non-hydrogen) atoms. The molecule has 0 saturated heterocycles. The van der Waals surface area contributed by atoms with Crippen molar-refractivity contribution in [3.8, 4) is 0 Å². The van der Waals surface area contributed by atoms with E-state index in [-0.39, 0.29) is 11.4 Å². The van der Waals surface area contributed by atoms with Gasteiger partial charge in [-0.25, -0.2) is 4.39 Å². The lowest BCUT2D eigenvalue weighted by molar-refractivity contribution is 0.182. The van der Waals surface area contributed by atoms with Gasteiger partial charge >= 0.3 is 0 Å². The summed E-state index contributed by atoms with van der Waals surface area (Å²) in [5.41, 5.74) is 8.32. The maximum Gasteiger partial charge on any atom is 0.123 e. The molecule has 2 heteroatoms. The van der Waals surface area contributed by atoms with Crippen molar-refractivity contribution >= 4 is 0 Å². The highest BCUT2D eigenvalue weighted by Gasteiger charge is 2.36. The average Bonchev–Trinajstić information content (AvgIpc) is 2.19. The summed E-state index contributed by atoms with van der Waals surface area (Å²) in [6, 6.07) is 4.97. The van der Waals surface area contributed by atoms with Gasteiger partial charge in [-0.05, 0) is 61.3 Å². The first-order chi connectivity index (χ1) is 7.90. The number of halogens is 1. The second kappa shape index (κ2) is 4.41. The molecule has 0 aromatic heterocycles. The zero-order valence-corrected chi connectivity index (χ0v) is 11.0. The van der Waals surface area contributed by atoms with E-state index in [2.05, 4.69) is 13.8 Å². The van der Waals surface area contributed by atoms with Gasteiger partial charge in [-0.1, -0.05) is 19.9 Å². The summed E-state index contributed by atoms with van der Waals surface area (Å²) in [5.74, 6) is 1.05. The van der Waals surface area contributed by atoms with Crippen LogP contribution < -0.4 is 5.73 Å². The van der Waals surface area contributed by atoms with Gasteiger partial charge in [0.05, 0.1) is 0 Å². The highest BCUT2D eigenvalue weighted by atomic mass is 19.1. The molecule has 1 aromatic carbocycles. The minimum Gasteiger partial charge on any atom is -0.321 e. The molecule has 2 rings (SSSR count). The van der Waals surface area contributed by atoms with Crippen LogP contribution in [0, 0.1) is 24.6 Å². The van der Waals surface area contributed by atoms with E-state index in [4.69, 9.17) is 5.73 Å². The molecule has 2 atom stereocenters. The van der Waals surface area contributed by atoms with E-state index in [0.717, 1.165) is 24.0 Å². The molecule has 94 valence electrons. The Labute approximate surface area is 103 Å². The van der Waals surface area contributed by atoms with Crippen LogP contribution in [0.1, 0.15) is 44.2 Å². The molecule has 2 N–H and O–H groups in total. The van der Waals surface area contributed by atoms with E-state index in [1.165, 1.54) is 12.5 Å². The van der Waals surface area contributed by atoms with Gasteiger partial charge in [0.15, 0.2) is 0 Å². The van der Waals surface area contributed by atoms with Gasteiger partial charge in [-0.15, -0.1) is 0 Å². The fraction of sp³-hybridized carbons (Fsp3) is 0.600. The maximum atomic E-state index is 13.4. The molecule has 0 aliphatic heterocycles. The summed E-state index contributed by atoms with van der Waals surface area (Å²) < 4.78 is 13.4. The summed E-state index contributed by atoms with van der Waals surface area (Å²) in [4.78, 5) is 0. The van der Waals surface area contributed by atoms with E-state index in [1.54, 1.807) is 6.07 Å². The molecular formula is C15H22FN. The Morgan fingerprint density at radius 1 is 1.24 bits per heavy atom. The van der Waals surface area contributed by atoms with Crippen LogP contribution >= 0.6 is 0 Å². The van der Waals surface area contributed by atoms with Crippen molar-refractivity contribution in [3.05, 3.63) is 35.1 Å². The van der Waals surface area contributed by atoms with Crippen molar-refractivity contribution in [2.75, 3.05) is 0 Å². The molecule has 0 heterocycles. The van der Waals surface area contributed by atoms with Gasteiger partial charge in [-0.2, -0.15) is 0 Å². The first kappa shape index (κ1) is 12.6. The van der Waals surface area contributed by atoms with Crippen LogP contribution in [0.4, 0.5) is 4.39 Å². The predicted molar refractivity (Wildman–Crippen MR) is 69.2 cm³/mol. The lowest BCUT2D eigenvalue weighted by Gasteiger charge is -2.41. The van der Waals surface area contributed by atoms with Gasteiger partial charge in [-0.3, -0.25) is 0 Å². The largest absolute Gasteiger partial charge is 0.321 e. The molecule has 1 aromatic rings. The zero-order chi connectivity index (χ0) is 12.6. The molecule has 0 bridgehead atoms. The maximum absolute atomic E-state index is 13.4. The van der Waals surface area contributed by atoms with Crippen molar-refractivity contribution in [3.63, 3.8) is 0 Å². The Morgan fingerprint density at radius 3 is 2.41 bits per heavy atom. The Bertz CT molecular complexity index is 403. The number of hydrogen-bond acceptors (Lipinski definition) is 1. The highest BCUT2D eigenvalue weighted by molar-refractivity contribution is 5.33. The fourth-order valence-electron chi connectivity index (χ4n) is 3.53. The van der Waals surface area contributed by atoms with Crippen molar-refractivity contribution in [1.29, 1.82) is 0 Å². The first-order valence-electron chi connectivity index (χ1n) is 6.46. The lowest BCUT2D eigenvalue weighted by Crippen LogP contribution is -2.44. The van der Waals surface area contributed by atoms with Crippen molar-refractivity contribution < 1.29 is 4.39 Å². The third kappa shape index (κ3) is 2.52. The molecule has 1 nitrogen and oxygen atoms in total. The number of aryl methyl sites for hydroxylation is 1. The fourth-order valence-corrected chi connectivity index (χ4v) is 3.53. The minimum atomic E-state index is -0.344. The van der Waals surface area contributed by atoms with E-state index >= 15 is 0 Å². The van der Waals surface area contributed by atoms with Gasteiger partial charge in [0, 0.05) is 5.54 Å². The van der Waals surface area contributed by atoms with Gasteiger partial charge in [0.25, 0.3) is 0 Å². The Kier molecular flexibility index (Phi) is 3.26. The SMILES string of the molecule is Cc1ccc(F)cc1C1(N)CC(C)CC(C)C1. The first-order valence-corrected chi connectivity index (χ1v) is 6.46. The standard InChI is InChI=1S/C15H22FN/c1-10-6-11(2)9-15(17,8-10)14-7-13(16)5-4-12(14)3/h4-5,7,10-11H,6,8-9,17H2,1-3H3. The topological polar surface area (TPSA) is 26.0 Å². The minimum absolute atomic E-state index is 0.179. The van der Waals surface area contributed by atoms with Gasteiger partial charge in [0.1, 0.15) is 5.82 Å². The van der Waals surface area contributed by atoms with Crippen LogP contribution in [0.25, 0.3) is 0 Å². The number of hydrogen-bond donors (Lipinski definition) is 1. The summed E-state index contributed by atoms with van der Waals surface area (Å²) in [5, 5.41) is 0. The Morgan fingerprint density at radius 2 is 1.82 bits per heavy atom. The van der Waals surface area contributed by atoms with Crippen LogP contribution in [0.5, 0.6) is 0 Å². The molecule has 0 spiro atoms. The highest BCUT2D eigenvalue weighted by Crippen LogP contribution is 2.41. The number of rotatable bonds is 1. The molecule has 0 amide bonds. The van der Waals surface area contributed by atoms with E-state index < -0.39 is 0 Å². The third-order valence-electron chi connectivity index (χ3n) is 3.97. The van der Waals surface area contributed by atoms with Crippen LogP contribution in [0.3, 0.4) is 0 Å². The van der Waals surface area contributed by atoms with Crippen molar-refractivity contribution in [2.45, 2.75) is 45.6 Å². The lowest BCUT2D eigenvalue weighted by atomic mass is 9.68. The molecule has 0 radical (unpaired) electrons. The quantitative estimate of drug-likeness (QED) is 0.788. The average molecular weight is 235 g/mol. The third-order valence-corrected chi connectivity index (χ3v) is 3.97. The molecule has 1 saturated carbocycles. The summed E-state index contributed by atoms with van der Waals surface area (Å²) in [7, 11) is 0. The molecule has 1 fully saturated rings. The zero-order valence-electron chi connectivity index (χ0n) is 11.0. The van der Waals surface area contributed by atoms with Crippen LogP contribution in [-0.4, -0.2) is 0 Å². The Hall–Kier alpha value is -0.890. The second-order valence-corrected chi connectivity index (χ2v) is 5.97.